The molecular weight excluding hydrogens is 295 g/mol. The summed E-state index contributed by atoms with van der Waals surface area (Å²) in [5.74, 6) is -0.216. The topological polar surface area (TPSA) is 17.8 Å². The Morgan fingerprint density at radius 2 is 2.06 bits per heavy atom. The first-order valence-electron chi connectivity index (χ1n) is 6.19. The van der Waals surface area contributed by atoms with Gasteiger partial charge in [-0.3, -0.25) is 4.68 Å². The third-order valence-electron chi connectivity index (χ3n) is 3.52. The summed E-state index contributed by atoms with van der Waals surface area (Å²) in [5.41, 5.74) is 3.13. The van der Waals surface area contributed by atoms with E-state index in [-0.39, 0.29) is 5.82 Å². The van der Waals surface area contributed by atoms with Gasteiger partial charge in [-0.15, -0.1) is 0 Å². The predicted octanol–water partition coefficient (Wildman–Crippen LogP) is 4.35. The molecule has 1 aromatic carbocycles. The van der Waals surface area contributed by atoms with E-state index in [0.29, 0.717) is 6.04 Å². The maximum Gasteiger partial charge on any atom is 0.123 e. The lowest BCUT2D eigenvalue weighted by molar-refractivity contribution is 0.393. The van der Waals surface area contributed by atoms with E-state index >= 15 is 0 Å². The Hall–Kier alpha value is -1.16. The zero-order valence-corrected chi connectivity index (χ0v) is 11.7. The van der Waals surface area contributed by atoms with Gasteiger partial charge in [-0.05, 0) is 66.4 Å². The van der Waals surface area contributed by atoms with Crippen molar-refractivity contribution in [1.29, 1.82) is 0 Å². The van der Waals surface area contributed by atoms with Gasteiger partial charge in [0.05, 0.1) is 10.2 Å². The Balaban J connectivity index is 2.10. The van der Waals surface area contributed by atoms with Gasteiger partial charge in [-0.25, -0.2) is 4.39 Å². The fourth-order valence-electron chi connectivity index (χ4n) is 2.52. The van der Waals surface area contributed by atoms with E-state index in [4.69, 9.17) is 0 Å². The molecule has 2 heterocycles. The molecular formula is C14H14BrFN2. The van der Waals surface area contributed by atoms with Gasteiger partial charge in [0.1, 0.15) is 11.5 Å². The number of halogens is 2. The van der Waals surface area contributed by atoms with Crippen molar-refractivity contribution in [1.82, 2.24) is 9.78 Å². The summed E-state index contributed by atoms with van der Waals surface area (Å²) in [5, 5.41) is 4.68. The molecule has 1 unspecified atom stereocenters. The quantitative estimate of drug-likeness (QED) is 0.766. The molecule has 0 saturated carbocycles. The summed E-state index contributed by atoms with van der Waals surface area (Å²) < 4.78 is 16.1. The first kappa shape index (κ1) is 11.9. The SMILES string of the molecule is CC1CCCc2c(Br)c(-c3ccc(F)cc3)nn21. The second-order valence-corrected chi connectivity index (χ2v) is 5.59. The van der Waals surface area contributed by atoms with Crippen molar-refractivity contribution in [2.45, 2.75) is 32.2 Å². The zero-order valence-electron chi connectivity index (χ0n) is 10.2. The third-order valence-corrected chi connectivity index (χ3v) is 4.35. The standard InChI is InChI=1S/C14H14BrFN2/c1-9-3-2-4-12-13(15)14(17-18(9)12)10-5-7-11(16)8-6-10/h5-9H,2-4H2,1H3. The average Bonchev–Trinajstić information content (AvgIpc) is 2.70. The van der Waals surface area contributed by atoms with Crippen LogP contribution in [-0.4, -0.2) is 9.78 Å². The molecule has 18 heavy (non-hydrogen) atoms. The fraction of sp³-hybridized carbons (Fsp3) is 0.357. The van der Waals surface area contributed by atoms with Gasteiger partial charge in [0.15, 0.2) is 0 Å². The Morgan fingerprint density at radius 3 is 2.72 bits per heavy atom. The van der Waals surface area contributed by atoms with Crippen LogP contribution in [0.1, 0.15) is 31.5 Å². The van der Waals surface area contributed by atoms with Gasteiger partial charge in [0.2, 0.25) is 0 Å². The maximum absolute atomic E-state index is 13.0. The van der Waals surface area contributed by atoms with Crippen molar-refractivity contribution in [3.05, 3.63) is 40.2 Å². The monoisotopic (exact) mass is 308 g/mol. The van der Waals surface area contributed by atoms with E-state index in [1.807, 2.05) is 0 Å². The van der Waals surface area contributed by atoms with Crippen molar-refractivity contribution in [2.75, 3.05) is 0 Å². The smallest absolute Gasteiger partial charge is 0.123 e. The second kappa shape index (κ2) is 4.50. The normalized spacial score (nSPS) is 18.7. The van der Waals surface area contributed by atoms with Crippen LogP contribution in [0.3, 0.4) is 0 Å². The molecule has 1 aliphatic heterocycles. The second-order valence-electron chi connectivity index (χ2n) is 4.80. The Morgan fingerprint density at radius 1 is 1.33 bits per heavy atom. The number of hydrogen-bond acceptors (Lipinski definition) is 1. The molecule has 2 nitrogen and oxygen atoms in total. The summed E-state index contributed by atoms with van der Waals surface area (Å²) in [6.07, 6.45) is 3.43. The molecule has 4 heteroatoms. The minimum absolute atomic E-state index is 0.216. The minimum Gasteiger partial charge on any atom is -0.265 e. The molecule has 1 atom stereocenters. The molecule has 1 aliphatic rings. The fourth-order valence-corrected chi connectivity index (χ4v) is 3.21. The lowest BCUT2D eigenvalue weighted by Crippen LogP contribution is -2.16. The summed E-state index contributed by atoms with van der Waals surface area (Å²) >= 11 is 3.64. The van der Waals surface area contributed by atoms with Crippen LogP contribution in [0, 0.1) is 5.82 Å². The van der Waals surface area contributed by atoms with E-state index in [9.17, 15) is 4.39 Å². The van der Waals surface area contributed by atoms with E-state index in [2.05, 4.69) is 32.6 Å². The highest BCUT2D eigenvalue weighted by Crippen LogP contribution is 2.36. The summed E-state index contributed by atoms with van der Waals surface area (Å²) in [6, 6.07) is 6.95. The Bertz CT molecular complexity index is 574. The van der Waals surface area contributed by atoms with Crippen molar-refractivity contribution in [3.8, 4) is 11.3 Å². The number of nitrogens with zero attached hydrogens (tertiary/aromatic N) is 2. The third kappa shape index (κ3) is 1.88. The molecule has 0 fully saturated rings. The summed E-state index contributed by atoms with van der Waals surface area (Å²) in [4.78, 5) is 0. The van der Waals surface area contributed by atoms with Crippen molar-refractivity contribution in [3.63, 3.8) is 0 Å². The largest absolute Gasteiger partial charge is 0.265 e. The van der Waals surface area contributed by atoms with Crippen LogP contribution in [0.15, 0.2) is 28.7 Å². The first-order valence-corrected chi connectivity index (χ1v) is 6.99. The number of aromatic nitrogens is 2. The van der Waals surface area contributed by atoms with Crippen LogP contribution in [0.25, 0.3) is 11.3 Å². The van der Waals surface area contributed by atoms with Crippen LogP contribution in [-0.2, 0) is 6.42 Å². The molecule has 3 rings (SSSR count). The van der Waals surface area contributed by atoms with Gasteiger partial charge in [-0.2, -0.15) is 5.10 Å². The zero-order chi connectivity index (χ0) is 12.7. The van der Waals surface area contributed by atoms with Crippen LogP contribution in [0.4, 0.5) is 4.39 Å². The van der Waals surface area contributed by atoms with Gasteiger partial charge in [-0.1, -0.05) is 0 Å². The van der Waals surface area contributed by atoms with Crippen molar-refractivity contribution in [2.24, 2.45) is 0 Å². The van der Waals surface area contributed by atoms with Crippen LogP contribution >= 0.6 is 15.9 Å². The first-order chi connectivity index (χ1) is 8.66. The molecule has 94 valence electrons. The van der Waals surface area contributed by atoms with Gasteiger partial charge < -0.3 is 0 Å². The van der Waals surface area contributed by atoms with Crippen LogP contribution in [0.2, 0.25) is 0 Å². The van der Waals surface area contributed by atoms with Gasteiger partial charge in [0.25, 0.3) is 0 Å². The minimum atomic E-state index is -0.216. The van der Waals surface area contributed by atoms with Gasteiger partial charge in [0, 0.05) is 11.6 Å². The lowest BCUT2D eigenvalue weighted by atomic mass is 10.0. The molecule has 0 spiro atoms. The molecule has 0 aliphatic carbocycles. The molecule has 1 aromatic heterocycles. The highest BCUT2D eigenvalue weighted by Gasteiger charge is 2.23. The van der Waals surface area contributed by atoms with E-state index in [1.165, 1.54) is 30.7 Å². The van der Waals surface area contributed by atoms with Crippen molar-refractivity contribution >= 4 is 15.9 Å². The molecule has 0 bridgehead atoms. The maximum atomic E-state index is 13.0. The van der Waals surface area contributed by atoms with Crippen LogP contribution in [0.5, 0.6) is 0 Å². The number of benzene rings is 1. The Labute approximate surface area is 114 Å². The number of hydrogen-bond donors (Lipinski definition) is 0. The summed E-state index contributed by atoms with van der Waals surface area (Å²) in [6.45, 7) is 2.19. The molecule has 0 amide bonds. The molecule has 0 radical (unpaired) electrons. The molecule has 2 aromatic rings. The van der Waals surface area contributed by atoms with E-state index in [0.717, 1.165) is 22.2 Å². The lowest BCUT2D eigenvalue weighted by Gasteiger charge is -2.20. The van der Waals surface area contributed by atoms with Gasteiger partial charge >= 0.3 is 0 Å². The summed E-state index contributed by atoms with van der Waals surface area (Å²) in [7, 11) is 0. The molecule has 0 N–H and O–H groups in total. The highest BCUT2D eigenvalue weighted by atomic mass is 79.9. The molecule has 0 saturated heterocycles. The average molecular weight is 309 g/mol. The highest BCUT2D eigenvalue weighted by molar-refractivity contribution is 9.10. The number of fused-ring (bicyclic) bond motifs is 1. The van der Waals surface area contributed by atoms with E-state index in [1.54, 1.807) is 12.1 Å². The van der Waals surface area contributed by atoms with E-state index < -0.39 is 0 Å². The number of rotatable bonds is 1. The van der Waals surface area contributed by atoms with Crippen LogP contribution < -0.4 is 0 Å². The van der Waals surface area contributed by atoms with Crippen molar-refractivity contribution < 1.29 is 4.39 Å². The predicted molar refractivity (Wildman–Crippen MR) is 73.0 cm³/mol. The Kier molecular flexibility index (Phi) is 2.98.